The summed E-state index contributed by atoms with van der Waals surface area (Å²) in [5.41, 5.74) is 5.31. The predicted molar refractivity (Wildman–Crippen MR) is 219 cm³/mol. The number of hydrogen-bond acceptors (Lipinski definition) is 10. The Balaban J connectivity index is 0.779. The normalized spacial score (nSPS) is 18.1. The van der Waals surface area contributed by atoms with Gasteiger partial charge < -0.3 is 24.4 Å². The summed E-state index contributed by atoms with van der Waals surface area (Å²) in [5, 5.41) is 7.16. The van der Waals surface area contributed by atoms with Crippen LogP contribution in [0.3, 0.4) is 0 Å². The third-order valence-electron chi connectivity index (χ3n) is 11.5. The van der Waals surface area contributed by atoms with Crippen molar-refractivity contribution in [1.82, 2.24) is 44.7 Å². The minimum atomic E-state index is -0.281. The molecule has 0 aliphatic carbocycles. The first kappa shape index (κ1) is 39.0. The molecule has 3 aromatic heterocycles. The highest BCUT2D eigenvalue weighted by atomic mass is 35.5. The molecule has 0 bridgehead atoms. The number of fused-ring (bicyclic) bond motifs is 1. The summed E-state index contributed by atoms with van der Waals surface area (Å²) in [7, 11) is 3.74. The van der Waals surface area contributed by atoms with Crippen LogP contribution in [0.15, 0.2) is 60.9 Å². The Kier molecular flexibility index (Phi) is 11.2. The van der Waals surface area contributed by atoms with Crippen LogP contribution < -0.4 is 15.0 Å². The van der Waals surface area contributed by atoms with E-state index in [-0.39, 0.29) is 29.5 Å². The fourth-order valence-electron chi connectivity index (χ4n) is 8.15. The number of pyridine rings is 1. The third-order valence-corrected chi connectivity index (χ3v) is 11.8. The summed E-state index contributed by atoms with van der Waals surface area (Å²) in [6.07, 6.45) is 6.27. The summed E-state index contributed by atoms with van der Waals surface area (Å²) in [4.78, 5) is 70.9. The molecule has 2 aromatic carbocycles. The van der Waals surface area contributed by atoms with Crippen molar-refractivity contribution in [3.63, 3.8) is 0 Å². The van der Waals surface area contributed by atoms with E-state index in [2.05, 4.69) is 47.3 Å². The number of carbonyl (C=O) groups is 4. The molecule has 1 atom stereocenters. The van der Waals surface area contributed by atoms with Gasteiger partial charge in [-0.15, -0.1) is 0 Å². The van der Waals surface area contributed by atoms with Crippen LogP contribution in [0.4, 0.5) is 5.69 Å². The van der Waals surface area contributed by atoms with Crippen LogP contribution in [0, 0.1) is 12.8 Å². The fraction of sp³-hybridized carbons (Fsp3) is 0.405. The van der Waals surface area contributed by atoms with E-state index in [9.17, 15) is 19.2 Å². The molecule has 3 fully saturated rings. The van der Waals surface area contributed by atoms with E-state index in [1.807, 2.05) is 49.1 Å². The van der Waals surface area contributed by atoms with Crippen molar-refractivity contribution in [2.24, 2.45) is 13.0 Å². The zero-order valence-corrected chi connectivity index (χ0v) is 33.7. The largest absolute Gasteiger partial charge is 0.453 e. The van der Waals surface area contributed by atoms with Gasteiger partial charge in [0.1, 0.15) is 22.1 Å². The number of rotatable bonds is 10. The van der Waals surface area contributed by atoms with Crippen molar-refractivity contribution in [1.29, 1.82) is 0 Å². The molecule has 3 aliphatic rings. The Hall–Kier alpha value is -5.80. The van der Waals surface area contributed by atoms with Gasteiger partial charge in [0.05, 0.1) is 29.9 Å². The van der Waals surface area contributed by atoms with Crippen LogP contribution in [0.25, 0.3) is 22.6 Å². The first-order valence-corrected chi connectivity index (χ1v) is 20.1. The first-order chi connectivity index (χ1) is 28.0. The van der Waals surface area contributed by atoms with Crippen molar-refractivity contribution in [2.75, 3.05) is 64.3 Å². The highest BCUT2D eigenvalue weighted by Crippen LogP contribution is 2.36. The zero-order chi connectivity index (χ0) is 40.5. The topological polar surface area (TPSA) is 162 Å². The van der Waals surface area contributed by atoms with Gasteiger partial charge in [-0.05, 0) is 74.1 Å². The van der Waals surface area contributed by atoms with Crippen LogP contribution in [0.2, 0.25) is 5.02 Å². The summed E-state index contributed by atoms with van der Waals surface area (Å²) >= 11 is 6.53. The molecule has 302 valence electrons. The maximum atomic E-state index is 13.5. The summed E-state index contributed by atoms with van der Waals surface area (Å²) in [6, 6.07) is 15.1. The van der Waals surface area contributed by atoms with Crippen LogP contribution in [0.5, 0.6) is 11.5 Å². The number of aromatic nitrogens is 5. The van der Waals surface area contributed by atoms with Gasteiger partial charge in [0.25, 0.3) is 5.91 Å². The van der Waals surface area contributed by atoms with E-state index in [0.717, 1.165) is 48.4 Å². The molecule has 0 radical (unpaired) electrons. The fourth-order valence-corrected chi connectivity index (χ4v) is 8.33. The van der Waals surface area contributed by atoms with E-state index in [1.54, 1.807) is 28.9 Å². The number of piperidine rings is 2. The third kappa shape index (κ3) is 8.41. The van der Waals surface area contributed by atoms with E-state index < -0.39 is 0 Å². The number of amides is 4. The second-order valence-corrected chi connectivity index (χ2v) is 15.9. The van der Waals surface area contributed by atoms with Crippen LogP contribution in [-0.2, 0) is 21.4 Å². The number of H-pyrrole nitrogens is 1. The Bertz CT molecular complexity index is 2330. The highest BCUT2D eigenvalue weighted by Gasteiger charge is 2.29. The summed E-state index contributed by atoms with van der Waals surface area (Å²) < 4.78 is 7.93. The van der Waals surface area contributed by atoms with Crippen molar-refractivity contribution < 1.29 is 23.9 Å². The van der Waals surface area contributed by atoms with Crippen LogP contribution >= 0.6 is 11.6 Å². The Morgan fingerprint density at radius 1 is 0.966 bits per heavy atom. The zero-order valence-electron chi connectivity index (χ0n) is 32.9. The molecule has 0 saturated carbocycles. The average molecular weight is 807 g/mol. The molecule has 16 heteroatoms. The number of benzene rings is 2. The number of imide groups is 1. The van der Waals surface area contributed by atoms with Gasteiger partial charge in [-0.1, -0.05) is 23.7 Å². The smallest absolute Gasteiger partial charge is 0.253 e. The number of carbonyl (C=O) groups excluding carboxylic acids is 4. The van der Waals surface area contributed by atoms with Gasteiger partial charge in [0, 0.05) is 83.8 Å². The molecule has 0 unspecified atom stereocenters. The molecule has 0 spiro atoms. The Labute approximate surface area is 341 Å². The lowest BCUT2D eigenvalue weighted by atomic mass is 9.90. The average Bonchev–Trinajstić information content (AvgIpc) is 3.81. The minimum Gasteiger partial charge on any atom is -0.453 e. The first-order valence-electron chi connectivity index (χ1n) is 19.8. The summed E-state index contributed by atoms with van der Waals surface area (Å²) in [6.45, 7) is 7.06. The van der Waals surface area contributed by atoms with Crippen molar-refractivity contribution in [2.45, 2.75) is 38.5 Å². The number of imidazole rings is 1. The lowest BCUT2D eigenvalue weighted by Crippen LogP contribution is -2.51. The van der Waals surface area contributed by atoms with Gasteiger partial charge in [-0.25, -0.2) is 9.97 Å². The van der Waals surface area contributed by atoms with Gasteiger partial charge in [0.2, 0.25) is 17.7 Å². The maximum Gasteiger partial charge on any atom is 0.253 e. The summed E-state index contributed by atoms with van der Waals surface area (Å²) in [5.74, 6) is 1.25. The molecular weight excluding hydrogens is 760 g/mol. The number of hydrogen-bond donors (Lipinski definition) is 2. The molecule has 8 rings (SSSR count). The van der Waals surface area contributed by atoms with Gasteiger partial charge in [0.15, 0.2) is 11.4 Å². The van der Waals surface area contributed by atoms with E-state index in [4.69, 9.17) is 16.3 Å². The van der Waals surface area contributed by atoms with Crippen molar-refractivity contribution >= 4 is 52.1 Å². The van der Waals surface area contributed by atoms with Crippen molar-refractivity contribution in [3.05, 3.63) is 82.8 Å². The van der Waals surface area contributed by atoms with E-state index in [1.165, 1.54) is 6.20 Å². The number of aromatic amines is 1. The number of likely N-dealkylation sites (N-methyl/N-ethyl adjacent to an activating group) is 1. The van der Waals surface area contributed by atoms with E-state index in [0.29, 0.717) is 97.1 Å². The second-order valence-electron chi connectivity index (χ2n) is 15.5. The van der Waals surface area contributed by atoms with Crippen LogP contribution in [0.1, 0.15) is 53.2 Å². The molecule has 3 saturated heterocycles. The number of aryl methyl sites for hydroxylation is 2. The number of nitrogens with zero attached hydrogens (tertiary/aromatic N) is 8. The maximum absolute atomic E-state index is 13.5. The lowest BCUT2D eigenvalue weighted by Gasteiger charge is -2.37. The SMILES string of the molecule is Cc1nn(C)cc1-c1nc2ncc(Cl)c(Oc3ccc(C(=O)N4CCN(CC(=O)N(C)CC5CCN(c6ccc([C@@H]7CCC(=O)NC7=O)cc6)CC5)CC4)cc3)c2[nH]1. The molecule has 2 N–H and O–H groups in total. The molecular formula is C42H47ClN10O5. The van der Waals surface area contributed by atoms with E-state index >= 15 is 0 Å². The number of piperazine rings is 1. The molecule has 6 heterocycles. The van der Waals surface area contributed by atoms with Gasteiger partial charge in [-0.3, -0.25) is 34.1 Å². The van der Waals surface area contributed by atoms with Gasteiger partial charge >= 0.3 is 0 Å². The molecule has 58 heavy (non-hydrogen) atoms. The number of nitrogens with one attached hydrogen (secondary N) is 2. The Morgan fingerprint density at radius 2 is 1.69 bits per heavy atom. The predicted octanol–water partition coefficient (Wildman–Crippen LogP) is 4.77. The lowest BCUT2D eigenvalue weighted by molar-refractivity contribution is -0.134. The Morgan fingerprint density at radius 3 is 2.36 bits per heavy atom. The molecule has 4 amide bonds. The number of halogens is 1. The minimum absolute atomic E-state index is 0.0689. The highest BCUT2D eigenvalue weighted by molar-refractivity contribution is 6.32. The quantitative estimate of drug-likeness (QED) is 0.188. The second kappa shape index (κ2) is 16.6. The monoisotopic (exact) mass is 806 g/mol. The van der Waals surface area contributed by atoms with Crippen LogP contribution in [-0.4, -0.2) is 122 Å². The van der Waals surface area contributed by atoms with Crippen molar-refractivity contribution in [3.8, 4) is 22.9 Å². The molecule has 15 nitrogen and oxygen atoms in total. The molecule has 5 aromatic rings. The standard InChI is InChI=1S/C42H47ClN10O5/c1-26-33(24-50(3)48-26)39-46-37-38(34(43)22-44-40(37)47-39)58-31-10-6-29(7-11-31)42(57)53-20-18-51(19-21-53)25-36(55)49(2)23-27-14-16-52(17-15-27)30-8-4-28(5-9-30)32-12-13-35(54)45-41(32)56/h4-11,22,24,27,32H,12-21,23,25H2,1-3H3,(H,44,46,47)(H,45,54,56)/t32-/m0/s1. The number of ether oxygens (including phenoxy) is 1. The molecule has 3 aliphatic heterocycles. The van der Waals surface area contributed by atoms with Gasteiger partial charge in [-0.2, -0.15) is 5.10 Å². The number of anilines is 1.